The molecule has 0 aliphatic carbocycles. The fraction of sp³-hybridized carbons (Fsp3) is 0.125. The topological polar surface area (TPSA) is 66.4 Å². The number of carboxylic acid groups (broad SMARTS) is 1. The molecule has 108 valence electrons. The predicted octanol–water partition coefficient (Wildman–Crippen LogP) is 3.66. The number of amides is 1. The highest BCUT2D eigenvalue weighted by molar-refractivity contribution is 7.14. The Morgan fingerprint density at radius 1 is 1.24 bits per heavy atom. The molecule has 0 saturated heterocycles. The SMILES string of the molecule is CCc1ccc(/C=C/C(=O)Nc2sccc2C(=O)O)cc1. The Morgan fingerprint density at radius 2 is 1.95 bits per heavy atom. The van der Waals surface area contributed by atoms with E-state index in [1.807, 2.05) is 24.3 Å². The number of thiophene rings is 1. The van der Waals surface area contributed by atoms with Crippen molar-refractivity contribution in [1.29, 1.82) is 0 Å². The number of nitrogens with one attached hydrogen (secondary N) is 1. The third-order valence-electron chi connectivity index (χ3n) is 2.95. The molecule has 0 aliphatic rings. The molecule has 1 aromatic carbocycles. The quantitative estimate of drug-likeness (QED) is 0.828. The summed E-state index contributed by atoms with van der Waals surface area (Å²) in [5.41, 5.74) is 2.27. The van der Waals surface area contributed by atoms with Gasteiger partial charge < -0.3 is 10.4 Å². The monoisotopic (exact) mass is 301 g/mol. The molecule has 2 rings (SSSR count). The first-order chi connectivity index (χ1) is 10.1. The van der Waals surface area contributed by atoms with E-state index < -0.39 is 5.97 Å². The summed E-state index contributed by atoms with van der Waals surface area (Å²) in [5, 5.41) is 13.5. The fourth-order valence-electron chi connectivity index (χ4n) is 1.76. The summed E-state index contributed by atoms with van der Waals surface area (Å²) in [7, 11) is 0. The molecule has 1 aromatic heterocycles. The second-order valence-electron chi connectivity index (χ2n) is 4.39. The Morgan fingerprint density at radius 3 is 2.57 bits per heavy atom. The van der Waals surface area contributed by atoms with Crippen molar-refractivity contribution < 1.29 is 14.7 Å². The predicted molar refractivity (Wildman–Crippen MR) is 84.8 cm³/mol. The summed E-state index contributed by atoms with van der Waals surface area (Å²) in [4.78, 5) is 22.7. The molecular formula is C16H15NO3S. The van der Waals surface area contributed by atoms with E-state index in [4.69, 9.17) is 5.11 Å². The van der Waals surface area contributed by atoms with Gasteiger partial charge in [-0.2, -0.15) is 0 Å². The van der Waals surface area contributed by atoms with Gasteiger partial charge in [0.05, 0.1) is 5.56 Å². The van der Waals surface area contributed by atoms with E-state index in [9.17, 15) is 9.59 Å². The number of benzene rings is 1. The Bertz CT molecular complexity index is 671. The van der Waals surface area contributed by atoms with Crippen molar-refractivity contribution in [1.82, 2.24) is 0 Å². The van der Waals surface area contributed by atoms with Crippen LogP contribution in [0.15, 0.2) is 41.8 Å². The lowest BCUT2D eigenvalue weighted by Gasteiger charge is -2.00. The molecule has 21 heavy (non-hydrogen) atoms. The van der Waals surface area contributed by atoms with Crippen LogP contribution in [0.2, 0.25) is 0 Å². The summed E-state index contributed by atoms with van der Waals surface area (Å²) in [6, 6.07) is 9.38. The van der Waals surface area contributed by atoms with E-state index in [0.717, 1.165) is 12.0 Å². The van der Waals surface area contributed by atoms with Gasteiger partial charge in [0.15, 0.2) is 0 Å². The van der Waals surface area contributed by atoms with E-state index in [1.54, 1.807) is 11.5 Å². The standard InChI is InChI=1S/C16H15NO3S/c1-2-11-3-5-12(6-4-11)7-8-14(18)17-15-13(16(19)20)9-10-21-15/h3-10H,2H2,1H3,(H,17,18)(H,19,20)/b8-7+. The maximum Gasteiger partial charge on any atom is 0.338 e. The van der Waals surface area contributed by atoms with Gasteiger partial charge in [-0.3, -0.25) is 4.79 Å². The van der Waals surface area contributed by atoms with Crippen LogP contribution in [-0.4, -0.2) is 17.0 Å². The smallest absolute Gasteiger partial charge is 0.338 e. The van der Waals surface area contributed by atoms with Crippen LogP contribution in [0.5, 0.6) is 0 Å². The van der Waals surface area contributed by atoms with Gasteiger partial charge in [0.25, 0.3) is 0 Å². The maximum absolute atomic E-state index is 11.8. The van der Waals surface area contributed by atoms with E-state index >= 15 is 0 Å². The summed E-state index contributed by atoms with van der Waals surface area (Å²) in [6.45, 7) is 2.08. The minimum absolute atomic E-state index is 0.106. The van der Waals surface area contributed by atoms with Crippen LogP contribution in [0, 0.1) is 0 Å². The van der Waals surface area contributed by atoms with Crippen LogP contribution in [-0.2, 0) is 11.2 Å². The Labute approximate surface area is 126 Å². The van der Waals surface area contributed by atoms with Crippen molar-refractivity contribution in [3.05, 3.63) is 58.5 Å². The summed E-state index contributed by atoms with van der Waals surface area (Å²) >= 11 is 1.19. The molecule has 0 bridgehead atoms. The molecule has 2 N–H and O–H groups in total. The van der Waals surface area contributed by atoms with Crippen molar-refractivity contribution in [3.8, 4) is 0 Å². The molecule has 1 heterocycles. The number of hydrogen-bond acceptors (Lipinski definition) is 3. The number of carbonyl (C=O) groups is 2. The fourth-order valence-corrected chi connectivity index (χ4v) is 2.55. The van der Waals surface area contributed by atoms with Gasteiger partial charge in [0, 0.05) is 6.08 Å². The van der Waals surface area contributed by atoms with Gasteiger partial charge in [-0.25, -0.2) is 4.79 Å². The van der Waals surface area contributed by atoms with Crippen LogP contribution in [0.1, 0.15) is 28.4 Å². The zero-order chi connectivity index (χ0) is 15.2. The van der Waals surface area contributed by atoms with Gasteiger partial charge in [-0.15, -0.1) is 11.3 Å². The number of aryl methyl sites for hydroxylation is 1. The molecule has 0 radical (unpaired) electrons. The first-order valence-corrected chi connectivity index (χ1v) is 7.37. The summed E-state index contributed by atoms with van der Waals surface area (Å²) < 4.78 is 0. The lowest BCUT2D eigenvalue weighted by atomic mass is 10.1. The van der Waals surface area contributed by atoms with Crippen molar-refractivity contribution in [2.45, 2.75) is 13.3 Å². The van der Waals surface area contributed by atoms with E-state index in [1.165, 1.54) is 29.0 Å². The molecule has 4 nitrogen and oxygen atoms in total. The number of anilines is 1. The lowest BCUT2D eigenvalue weighted by molar-refractivity contribution is -0.111. The van der Waals surface area contributed by atoms with Crippen LogP contribution in [0.3, 0.4) is 0 Å². The number of rotatable bonds is 5. The van der Waals surface area contributed by atoms with Gasteiger partial charge in [-0.1, -0.05) is 31.2 Å². The van der Waals surface area contributed by atoms with Crippen LogP contribution < -0.4 is 5.32 Å². The van der Waals surface area contributed by atoms with Crippen LogP contribution >= 0.6 is 11.3 Å². The molecule has 2 aromatic rings. The Balaban J connectivity index is 2.02. The van der Waals surface area contributed by atoms with Gasteiger partial charge >= 0.3 is 5.97 Å². The highest BCUT2D eigenvalue weighted by Gasteiger charge is 2.12. The van der Waals surface area contributed by atoms with Crippen molar-refractivity contribution >= 4 is 34.3 Å². The van der Waals surface area contributed by atoms with Crippen LogP contribution in [0.25, 0.3) is 6.08 Å². The van der Waals surface area contributed by atoms with Gasteiger partial charge in [0.2, 0.25) is 5.91 Å². The number of carbonyl (C=O) groups excluding carboxylic acids is 1. The summed E-state index contributed by atoms with van der Waals surface area (Å²) in [6.07, 6.45) is 4.07. The summed E-state index contributed by atoms with van der Waals surface area (Å²) in [5.74, 6) is -1.40. The zero-order valence-corrected chi connectivity index (χ0v) is 12.3. The highest BCUT2D eigenvalue weighted by atomic mass is 32.1. The third-order valence-corrected chi connectivity index (χ3v) is 3.78. The molecule has 0 unspecified atom stereocenters. The lowest BCUT2D eigenvalue weighted by Crippen LogP contribution is -2.09. The molecule has 0 atom stereocenters. The average Bonchev–Trinajstić information content (AvgIpc) is 2.94. The highest BCUT2D eigenvalue weighted by Crippen LogP contribution is 2.23. The van der Waals surface area contributed by atoms with Crippen LogP contribution in [0.4, 0.5) is 5.00 Å². The van der Waals surface area contributed by atoms with Crippen molar-refractivity contribution in [2.24, 2.45) is 0 Å². The largest absolute Gasteiger partial charge is 0.478 e. The second-order valence-corrected chi connectivity index (χ2v) is 5.30. The molecule has 5 heteroatoms. The number of hydrogen-bond donors (Lipinski definition) is 2. The molecular weight excluding hydrogens is 286 g/mol. The Kier molecular flexibility index (Phi) is 4.90. The first kappa shape index (κ1) is 15.0. The number of aromatic carboxylic acids is 1. The van der Waals surface area contributed by atoms with Gasteiger partial charge in [0.1, 0.15) is 5.00 Å². The third kappa shape index (κ3) is 4.03. The minimum Gasteiger partial charge on any atom is -0.478 e. The van der Waals surface area contributed by atoms with E-state index in [2.05, 4.69) is 12.2 Å². The molecule has 0 fully saturated rings. The second kappa shape index (κ2) is 6.85. The molecule has 0 spiro atoms. The zero-order valence-electron chi connectivity index (χ0n) is 11.5. The van der Waals surface area contributed by atoms with E-state index in [0.29, 0.717) is 5.00 Å². The van der Waals surface area contributed by atoms with Crippen molar-refractivity contribution in [3.63, 3.8) is 0 Å². The first-order valence-electron chi connectivity index (χ1n) is 6.49. The number of carboxylic acids is 1. The van der Waals surface area contributed by atoms with Crippen molar-refractivity contribution in [2.75, 3.05) is 5.32 Å². The van der Waals surface area contributed by atoms with E-state index in [-0.39, 0.29) is 11.5 Å². The molecule has 0 saturated carbocycles. The molecule has 0 aliphatic heterocycles. The maximum atomic E-state index is 11.8. The Hall–Kier alpha value is -2.40. The average molecular weight is 301 g/mol. The molecule has 1 amide bonds. The minimum atomic E-state index is -1.05. The van der Waals surface area contributed by atoms with Gasteiger partial charge in [-0.05, 0) is 35.1 Å². The normalized spacial score (nSPS) is 10.7.